The van der Waals surface area contributed by atoms with E-state index >= 15 is 0 Å². The fraction of sp³-hybridized carbons (Fsp3) is 0.462. The maximum atomic E-state index is 11.8. The van der Waals surface area contributed by atoms with Crippen molar-refractivity contribution in [3.05, 3.63) is 24.3 Å². The first-order chi connectivity index (χ1) is 9.31. The van der Waals surface area contributed by atoms with Crippen molar-refractivity contribution in [2.45, 2.75) is 19.3 Å². The van der Waals surface area contributed by atoms with E-state index in [4.69, 9.17) is 5.73 Å². The molecule has 1 aliphatic heterocycles. The molecule has 0 spiro atoms. The van der Waals surface area contributed by atoms with Crippen LogP contribution in [0, 0.1) is 0 Å². The molecule has 1 aromatic carbocycles. The molecule has 104 valence electrons. The van der Waals surface area contributed by atoms with Crippen LogP contribution in [0.3, 0.4) is 0 Å². The zero-order valence-corrected chi connectivity index (χ0v) is 14.3. The Labute approximate surface area is 125 Å². The number of rotatable bonds is 5. The first kappa shape index (κ1) is 15.3. The van der Waals surface area contributed by atoms with Crippen molar-refractivity contribution in [2.75, 3.05) is 23.4 Å². The summed E-state index contributed by atoms with van der Waals surface area (Å²) in [6, 6.07) is 8.29. The predicted octanol–water partition coefficient (Wildman–Crippen LogP) is 1.93. The van der Waals surface area contributed by atoms with Crippen LogP contribution in [0.25, 0.3) is 0 Å². The number of para-hydroxylation sites is 1. The van der Waals surface area contributed by atoms with Crippen molar-refractivity contribution in [3.63, 3.8) is 0 Å². The third-order valence-electron chi connectivity index (χ3n) is 2.69. The first-order valence-corrected chi connectivity index (χ1v) is 13.9. The Balaban J connectivity index is 2.05. The molecular weight excluding hydrogens is 339 g/mol. The minimum atomic E-state index is -1.09. The standard InChI is InChI=1S/C13H19AsN2OS2/c15-8-3-7-13(17)16-12-6-2-1-5-11(12)14-18-9-4-10-19-14/h1-2,5-6H,3-4,7-10,15H2,(H,16,17). The Morgan fingerprint density at radius 2 is 2.05 bits per heavy atom. The van der Waals surface area contributed by atoms with Crippen LogP contribution in [0.2, 0.25) is 0 Å². The monoisotopic (exact) mass is 358 g/mol. The molecule has 1 aliphatic rings. The second-order valence-electron chi connectivity index (χ2n) is 4.23. The van der Waals surface area contributed by atoms with Crippen molar-refractivity contribution < 1.29 is 4.79 Å². The molecule has 0 saturated carbocycles. The quantitative estimate of drug-likeness (QED) is 0.790. The molecule has 0 radical (unpaired) electrons. The second-order valence-corrected chi connectivity index (χ2v) is 15.9. The normalized spacial score (nSPS) is 16.3. The zero-order valence-electron chi connectivity index (χ0n) is 10.8. The maximum absolute atomic E-state index is 11.8. The molecule has 0 aliphatic carbocycles. The van der Waals surface area contributed by atoms with Gasteiger partial charge in [0.1, 0.15) is 0 Å². The van der Waals surface area contributed by atoms with E-state index in [1.54, 1.807) is 0 Å². The van der Waals surface area contributed by atoms with Gasteiger partial charge in [-0.15, -0.1) is 0 Å². The van der Waals surface area contributed by atoms with E-state index in [2.05, 4.69) is 37.5 Å². The molecule has 6 heteroatoms. The summed E-state index contributed by atoms with van der Waals surface area (Å²) >= 11 is -1.09. The summed E-state index contributed by atoms with van der Waals surface area (Å²) in [4.78, 5) is 11.8. The van der Waals surface area contributed by atoms with Gasteiger partial charge in [0.2, 0.25) is 0 Å². The number of carbonyl (C=O) groups is 1. The molecule has 19 heavy (non-hydrogen) atoms. The van der Waals surface area contributed by atoms with Crippen molar-refractivity contribution in [1.29, 1.82) is 0 Å². The van der Waals surface area contributed by atoms with Crippen molar-refractivity contribution in [1.82, 2.24) is 0 Å². The minimum absolute atomic E-state index is 0.0823. The Hall–Kier alpha value is -0.0916. The van der Waals surface area contributed by atoms with Gasteiger partial charge in [0.25, 0.3) is 0 Å². The van der Waals surface area contributed by atoms with E-state index in [1.807, 2.05) is 12.1 Å². The van der Waals surface area contributed by atoms with Crippen LogP contribution in [0.4, 0.5) is 5.69 Å². The van der Waals surface area contributed by atoms with Crippen molar-refractivity contribution in [3.8, 4) is 0 Å². The van der Waals surface area contributed by atoms with E-state index in [-0.39, 0.29) is 5.91 Å². The molecule has 2 rings (SSSR count). The summed E-state index contributed by atoms with van der Waals surface area (Å²) in [6.45, 7) is 0.568. The van der Waals surface area contributed by atoms with E-state index < -0.39 is 12.3 Å². The van der Waals surface area contributed by atoms with Crippen LogP contribution in [-0.4, -0.2) is 36.3 Å². The summed E-state index contributed by atoms with van der Waals surface area (Å²) in [5.74, 6) is 2.61. The average molecular weight is 358 g/mol. The van der Waals surface area contributed by atoms with Crippen LogP contribution in [0.15, 0.2) is 24.3 Å². The van der Waals surface area contributed by atoms with Crippen LogP contribution >= 0.6 is 20.0 Å². The first-order valence-electron chi connectivity index (χ1n) is 6.46. The third-order valence-corrected chi connectivity index (χ3v) is 16.3. The molecule has 3 nitrogen and oxygen atoms in total. The topological polar surface area (TPSA) is 55.1 Å². The van der Waals surface area contributed by atoms with E-state index in [1.165, 1.54) is 22.3 Å². The molecule has 0 aromatic heterocycles. The van der Waals surface area contributed by atoms with Crippen molar-refractivity contribution >= 4 is 48.3 Å². The second kappa shape index (κ2) is 8.25. The van der Waals surface area contributed by atoms with Gasteiger partial charge in [-0.1, -0.05) is 0 Å². The summed E-state index contributed by atoms with van der Waals surface area (Å²) in [6.07, 6.45) is 2.57. The molecule has 1 heterocycles. The van der Waals surface area contributed by atoms with Crippen LogP contribution in [-0.2, 0) is 4.79 Å². The molecule has 1 aromatic rings. The van der Waals surface area contributed by atoms with Gasteiger partial charge in [0.05, 0.1) is 0 Å². The number of anilines is 1. The Morgan fingerprint density at radius 1 is 1.32 bits per heavy atom. The van der Waals surface area contributed by atoms with E-state index in [0.29, 0.717) is 13.0 Å². The van der Waals surface area contributed by atoms with Gasteiger partial charge in [0.15, 0.2) is 0 Å². The number of hydrogen-bond acceptors (Lipinski definition) is 4. The summed E-state index contributed by atoms with van der Waals surface area (Å²) in [5, 5.41) is 3.06. The van der Waals surface area contributed by atoms with Crippen LogP contribution in [0.5, 0.6) is 0 Å². The Morgan fingerprint density at radius 3 is 2.79 bits per heavy atom. The van der Waals surface area contributed by atoms with Gasteiger partial charge in [0, 0.05) is 0 Å². The van der Waals surface area contributed by atoms with Gasteiger partial charge in [-0.3, -0.25) is 0 Å². The van der Waals surface area contributed by atoms with Crippen LogP contribution < -0.4 is 15.4 Å². The van der Waals surface area contributed by atoms with E-state index in [0.717, 1.165) is 12.1 Å². The third kappa shape index (κ3) is 4.74. The number of nitrogens with one attached hydrogen (secondary N) is 1. The number of benzene rings is 1. The predicted molar refractivity (Wildman–Crippen MR) is 88.3 cm³/mol. The summed E-state index contributed by atoms with van der Waals surface area (Å²) < 4.78 is 1.38. The van der Waals surface area contributed by atoms with Gasteiger partial charge in [-0.05, 0) is 0 Å². The summed E-state index contributed by atoms with van der Waals surface area (Å²) in [7, 11) is 4.23. The Kier molecular flexibility index (Phi) is 6.65. The van der Waals surface area contributed by atoms with Gasteiger partial charge in [-0.2, -0.15) is 0 Å². The molecule has 0 unspecified atom stereocenters. The fourth-order valence-electron chi connectivity index (χ4n) is 1.74. The molecule has 0 atom stereocenters. The SMILES string of the molecule is NCCCC(=O)Nc1ccccc1[As]1SCCCS1. The number of hydrogen-bond donors (Lipinski definition) is 2. The van der Waals surface area contributed by atoms with E-state index in [9.17, 15) is 4.79 Å². The molecule has 1 amide bonds. The molecule has 1 saturated heterocycles. The molecule has 3 N–H and O–H groups in total. The number of carbonyl (C=O) groups excluding carboxylic acids is 1. The molecular formula is C13H19AsN2OS2. The van der Waals surface area contributed by atoms with Crippen LogP contribution in [0.1, 0.15) is 19.3 Å². The molecule has 0 bridgehead atoms. The number of amides is 1. The van der Waals surface area contributed by atoms with Gasteiger partial charge < -0.3 is 0 Å². The van der Waals surface area contributed by atoms with Crippen molar-refractivity contribution in [2.24, 2.45) is 5.73 Å². The average Bonchev–Trinajstić information content (AvgIpc) is 2.46. The zero-order chi connectivity index (χ0) is 13.5. The van der Waals surface area contributed by atoms with Gasteiger partial charge in [-0.25, -0.2) is 0 Å². The summed E-state index contributed by atoms with van der Waals surface area (Å²) in [5.41, 5.74) is 6.46. The number of nitrogens with two attached hydrogens (primary N) is 1. The molecule has 1 fully saturated rings. The Bertz CT molecular complexity index is 425. The fourth-order valence-corrected chi connectivity index (χ4v) is 15.4. The van der Waals surface area contributed by atoms with Gasteiger partial charge >= 0.3 is 126 Å².